The van der Waals surface area contributed by atoms with Crippen molar-refractivity contribution in [1.29, 1.82) is 0 Å². The molecule has 0 saturated heterocycles. The maximum atomic E-state index is 11.2. The van der Waals surface area contributed by atoms with Crippen LogP contribution < -0.4 is 5.32 Å². The number of nitrogens with one attached hydrogen (secondary N) is 1. The molecule has 0 spiro atoms. The van der Waals surface area contributed by atoms with Crippen LogP contribution in [0.2, 0.25) is 0 Å². The Morgan fingerprint density at radius 1 is 1.42 bits per heavy atom. The summed E-state index contributed by atoms with van der Waals surface area (Å²) in [6.07, 6.45) is 5.09. The first-order chi connectivity index (χ1) is 9.13. The van der Waals surface area contributed by atoms with Gasteiger partial charge in [-0.05, 0) is 25.0 Å². The number of esters is 1. The van der Waals surface area contributed by atoms with Gasteiger partial charge in [0.2, 0.25) is 5.76 Å². The van der Waals surface area contributed by atoms with E-state index in [2.05, 4.69) is 10.1 Å². The molecule has 0 unspecified atom stereocenters. The number of carbonyl (C=O) groups is 1. The lowest BCUT2D eigenvalue weighted by Crippen LogP contribution is -2.41. The van der Waals surface area contributed by atoms with Gasteiger partial charge in [0.15, 0.2) is 0 Å². The summed E-state index contributed by atoms with van der Waals surface area (Å²) in [5.41, 5.74) is -0.587. The van der Waals surface area contributed by atoms with E-state index in [1.54, 1.807) is 12.1 Å². The van der Waals surface area contributed by atoms with Gasteiger partial charge in [-0.2, -0.15) is 0 Å². The maximum absolute atomic E-state index is 11.2. The van der Waals surface area contributed by atoms with E-state index in [1.807, 2.05) is 0 Å². The van der Waals surface area contributed by atoms with Gasteiger partial charge in [0.05, 0.1) is 19.3 Å². The summed E-state index contributed by atoms with van der Waals surface area (Å²) in [6.45, 7) is 1.06. The minimum Gasteiger partial charge on any atom is -0.463 e. The number of hydrogen-bond acceptors (Lipinski definition) is 5. The average Bonchev–Trinajstić information content (AvgIpc) is 2.87. The predicted molar refractivity (Wildman–Crippen MR) is 69.8 cm³/mol. The van der Waals surface area contributed by atoms with Crippen LogP contribution in [0.15, 0.2) is 16.5 Å². The monoisotopic (exact) mass is 267 g/mol. The molecule has 106 valence electrons. The van der Waals surface area contributed by atoms with Gasteiger partial charge in [0, 0.05) is 6.54 Å². The lowest BCUT2D eigenvalue weighted by Gasteiger charge is -2.32. The summed E-state index contributed by atoms with van der Waals surface area (Å²) >= 11 is 0. The Morgan fingerprint density at radius 3 is 2.84 bits per heavy atom. The van der Waals surface area contributed by atoms with Gasteiger partial charge < -0.3 is 19.6 Å². The van der Waals surface area contributed by atoms with Crippen molar-refractivity contribution in [2.75, 3.05) is 13.7 Å². The summed E-state index contributed by atoms with van der Waals surface area (Å²) in [5.74, 6) is 0.396. The van der Waals surface area contributed by atoms with Crippen LogP contribution in [-0.4, -0.2) is 30.3 Å². The van der Waals surface area contributed by atoms with Gasteiger partial charge in [0.25, 0.3) is 0 Å². The van der Waals surface area contributed by atoms with Crippen molar-refractivity contribution in [2.24, 2.45) is 0 Å². The molecule has 0 aromatic carbocycles. The molecule has 1 aliphatic carbocycles. The first kappa shape index (κ1) is 14.1. The maximum Gasteiger partial charge on any atom is 0.373 e. The molecular weight excluding hydrogens is 246 g/mol. The zero-order valence-corrected chi connectivity index (χ0v) is 11.3. The Bertz CT molecular complexity index is 421. The molecule has 5 nitrogen and oxygen atoms in total. The normalized spacial score (nSPS) is 18.2. The highest BCUT2D eigenvalue weighted by Gasteiger charge is 2.28. The van der Waals surface area contributed by atoms with Crippen molar-refractivity contribution < 1.29 is 19.1 Å². The number of methoxy groups -OCH3 is 1. The molecule has 2 rings (SSSR count). The molecule has 1 heterocycles. The fourth-order valence-electron chi connectivity index (χ4n) is 2.49. The van der Waals surface area contributed by atoms with Crippen LogP contribution in [0, 0.1) is 0 Å². The molecule has 1 fully saturated rings. The zero-order chi connectivity index (χ0) is 13.7. The second-order valence-electron chi connectivity index (χ2n) is 5.15. The quantitative estimate of drug-likeness (QED) is 0.797. The largest absolute Gasteiger partial charge is 0.463 e. The lowest BCUT2D eigenvalue weighted by atomic mass is 9.85. The molecule has 1 aromatic rings. The van der Waals surface area contributed by atoms with Crippen LogP contribution in [0.1, 0.15) is 48.4 Å². The van der Waals surface area contributed by atoms with E-state index < -0.39 is 11.6 Å². The van der Waals surface area contributed by atoms with E-state index >= 15 is 0 Å². The molecule has 0 radical (unpaired) electrons. The van der Waals surface area contributed by atoms with Crippen LogP contribution in [-0.2, 0) is 11.3 Å². The molecule has 2 N–H and O–H groups in total. The second kappa shape index (κ2) is 6.21. The number of hydrogen-bond donors (Lipinski definition) is 2. The first-order valence-corrected chi connectivity index (χ1v) is 6.73. The first-order valence-electron chi connectivity index (χ1n) is 6.73. The number of carbonyl (C=O) groups excluding carboxylic acids is 1. The summed E-state index contributed by atoms with van der Waals surface area (Å²) in [7, 11) is 1.32. The van der Waals surface area contributed by atoms with Crippen molar-refractivity contribution in [3.8, 4) is 0 Å². The second-order valence-corrected chi connectivity index (χ2v) is 5.15. The third kappa shape index (κ3) is 3.81. The van der Waals surface area contributed by atoms with Crippen molar-refractivity contribution in [1.82, 2.24) is 5.32 Å². The van der Waals surface area contributed by atoms with Crippen molar-refractivity contribution in [3.05, 3.63) is 23.7 Å². The smallest absolute Gasteiger partial charge is 0.373 e. The van der Waals surface area contributed by atoms with Gasteiger partial charge in [-0.25, -0.2) is 4.79 Å². The van der Waals surface area contributed by atoms with E-state index in [1.165, 1.54) is 13.5 Å². The van der Waals surface area contributed by atoms with Gasteiger partial charge in [-0.3, -0.25) is 0 Å². The van der Waals surface area contributed by atoms with E-state index in [-0.39, 0.29) is 5.76 Å². The molecule has 0 aliphatic heterocycles. The van der Waals surface area contributed by atoms with Gasteiger partial charge in [0.1, 0.15) is 5.76 Å². The van der Waals surface area contributed by atoms with E-state index in [4.69, 9.17) is 4.42 Å². The molecular formula is C14H21NO4. The molecule has 0 bridgehead atoms. The van der Waals surface area contributed by atoms with E-state index in [9.17, 15) is 9.90 Å². The number of aliphatic hydroxyl groups is 1. The lowest BCUT2D eigenvalue weighted by molar-refractivity contribution is 0.00432. The van der Waals surface area contributed by atoms with Gasteiger partial charge >= 0.3 is 5.97 Å². The summed E-state index contributed by atoms with van der Waals surface area (Å²) in [6, 6.07) is 3.34. The van der Waals surface area contributed by atoms with Crippen LogP contribution in [0.3, 0.4) is 0 Å². The Hall–Kier alpha value is -1.33. The highest BCUT2D eigenvalue weighted by molar-refractivity contribution is 5.86. The Morgan fingerprint density at radius 2 is 2.16 bits per heavy atom. The highest BCUT2D eigenvalue weighted by Crippen LogP contribution is 2.27. The molecule has 0 amide bonds. The van der Waals surface area contributed by atoms with E-state index in [0.29, 0.717) is 18.8 Å². The zero-order valence-electron chi connectivity index (χ0n) is 11.3. The predicted octanol–water partition coefficient (Wildman–Crippen LogP) is 1.85. The Labute approximate surface area is 112 Å². The van der Waals surface area contributed by atoms with Crippen LogP contribution in [0.25, 0.3) is 0 Å². The number of rotatable bonds is 5. The third-order valence-corrected chi connectivity index (χ3v) is 3.59. The van der Waals surface area contributed by atoms with Crippen LogP contribution in [0.4, 0.5) is 0 Å². The molecule has 5 heteroatoms. The SMILES string of the molecule is COC(=O)c1ccc(CNCC2(O)CCCCC2)o1. The highest BCUT2D eigenvalue weighted by atomic mass is 16.5. The molecule has 1 saturated carbocycles. The van der Waals surface area contributed by atoms with E-state index in [0.717, 1.165) is 25.7 Å². The standard InChI is InChI=1S/C14H21NO4/c1-18-13(16)12-6-5-11(19-12)9-15-10-14(17)7-3-2-4-8-14/h5-6,15,17H,2-4,7-10H2,1H3. The van der Waals surface area contributed by atoms with Gasteiger partial charge in [-0.15, -0.1) is 0 Å². The number of furan rings is 1. The minimum absolute atomic E-state index is 0.204. The topological polar surface area (TPSA) is 71.7 Å². The fraction of sp³-hybridized carbons (Fsp3) is 0.643. The van der Waals surface area contributed by atoms with Gasteiger partial charge in [-0.1, -0.05) is 19.3 Å². The molecule has 1 aromatic heterocycles. The summed E-state index contributed by atoms with van der Waals surface area (Å²) in [4.78, 5) is 11.2. The minimum atomic E-state index is -0.587. The number of ether oxygens (including phenoxy) is 1. The summed E-state index contributed by atoms with van der Waals surface area (Å²) in [5, 5.41) is 13.5. The Balaban J connectivity index is 1.79. The molecule has 0 atom stereocenters. The molecule has 19 heavy (non-hydrogen) atoms. The van der Waals surface area contributed by atoms with Crippen molar-refractivity contribution in [2.45, 2.75) is 44.2 Å². The summed E-state index contributed by atoms with van der Waals surface area (Å²) < 4.78 is 9.91. The van der Waals surface area contributed by atoms with Crippen molar-refractivity contribution in [3.63, 3.8) is 0 Å². The third-order valence-electron chi connectivity index (χ3n) is 3.59. The van der Waals surface area contributed by atoms with Crippen molar-refractivity contribution >= 4 is 5.97 Å². The average molecular weight is 267 g/mol. The van der Waals surface area contributed by atoms with Crippen LogP contribution >= 0.6 is 0 Å². The Kier molecular flexibility index (Phi) is 4.61. The van der Waals surface area contributed by atoms with Crippen LogP contribution in [0.5, 0.6) is 0 Å². The fourth-order valence-corrected chi connectivity index (χ4v) is 2.49. The molecule has 1 aliphatic rings.